The lowest BCUT2D eigenvalue weighted by atomic mass is 10.5. The van der Waals surface area contributed by atoms with Gasteiger partial charge in [0.1, 0.15) is 0 Å². The molecule has 0 saturated carbocycles. The van der Waals surface area contributed by atoms with Crippen molar-refractivity contribution in [2.45, 2.75) is 6.92 Å². The number of nitrogens with zero attached hydrogens (tertiary/aromatic N) is 1. The molecule has 2 nitrogen and oxygen atoms in total. The van der Waals surface area contributed by atoms with Crippen molar-refractivity contribution in [2.75, 3.05) is 19.6 Å². The molecule has 0 bridgehead atoms. The fourth-order valence-electron chi connectivity index (χ4n) is 0.544. The molecular weight excluding hydrogens is 100 g/mol. The van der Waals surface area contributed by atoms with E-state index in [4.69, 9.17) is 5.73 Å². The van der Waals surface area contributed by atoms with Crippen LogP contribution in [0.2, 0.25) is 0 Å². The van der Waals surface area contributed by atoms with Gasteiger partial charge in [-0.15, -0.1) is 0 Å². The molecule has 0 aliphatic carbocycles. The van der Waals surface area contributed by atoms with Crippen molar-refractivity contribution in [3.8, 4) is 0 Å². The molecule has 0 aliphatic rings. The Kier molecular flexibility index (Phi) is 4.36. The second kappa shape index (κ2) is 4.65. The van der Waals surface area contributed by atoms with Gasteiger partial charge in [-0.2, -0.15) is 0 Å². The van der Waals surface area contributed by atoms with E-state index in [1.54, 1.807) is 0 Å². The lowest BCUT2D eigenvalue weighted by Gasteiger charge is -2.14. The van der Waals surface area contributed by atoms with E-state index >= 15 is 0 Å². The largest absolute Gasteiger partial charge is 0.377 e. The average molecular weight is 114 g/mol. The van der Waals surface area contributed by atoms with Crippen LogP contribution in [0, 0.1) is 0 Å². The van der Waals surface area contributed by atoms with E-state index < -0.39 is 0 Å². The summed E-state index contributed by atoms with van der Waals surface area (Å²) in [4.78, 5) is 2.07. The summed E-state index contributed by atoms with van der Waals surface area (Å²) in [6.07, 6.45) is 1.81. The first-order valence-electron chi connectivity index (χ1n) is 2.91. The van der Waals surface area contributed by atoms with Gasteiger partial charge in [-0.25, -0.2) is 0 Å². The summed E-state index contributed by atoms with van der Waals surface area (Å²) in [6, 6.07) is 0. The molecule has 8 heavy (non-hydrogen) atoms. The van der Waals surface area contributed by atoms with Crippen LogP contribution in [0.4, 0.5) is 0 Å². The Morgan fingerprint density at radius 1 is 1.75 bits per heavy atom. The van der Waals surface area contributed by atoms with Gasteiger partial charge in [0.15, 0.2) is 0 Å². The highest BCUT2D eigenvalue weighted by Crippen LogP contribution is 1.82. The minimum atomic E-state index is 0.708. The Balaban J connectivity index is 3.21. The van der Waals surface area contributed by atoms with Crippen LogP contribution >= 0.6 is 0 Å². The van der Waals surface area contributed by atoms with E-state index in [9.17, 15) is 0 Å². The first-order valence-corrected chi connectivity index (χ1v) is 2.91. The third-order valence-electron chi connectivity index (χ3n) is 1.08. The SMILES string of the molecule is C=CN(CC)CCN. The Labute approximate surface area is 51.0 Å². The number of nitrogens with two attached hydrogens (primary N) is 1. The second-order valence-corrected chi connectivity index (χ2v) is 1.60. The van der Waals surface area contributed by atoms with Crippen LogP contribution in [-0.2, 0) is 0 Å². The highest BCUT2D eigenvalue weighted by molar-refractivity contribution is 4.68. The van der Waals surface area contributed by atoms with Crippen molar-refractivity contribution < 1.29 is 0 Å². The van der Waals surface area contributed by atoms with E-state index in [2.05, 4.69) is 18.4 Å². The van der Waals surface area contributed by atoms with Crippen molar-refractivity contribution in [2.24, 2.45) is 5.73 Å². The minimum absolute atomic E-state index is 0.708. The molecule has 0 atom stereocenters. The molecule has 0 fully saturated rings. The fraction of sp³-hybridized carbons (Fsp3) is 0.667. The lowest BCUT2D eigenvalue weighted by molar-refractivity contribution is 0.408. The Morgan fingerprint density at radius 2 is 2.38 bits per heavy atom. The number of rotatable bonds is 4. The summed E-state index contributed by atoms with van der Waals surface area (Å²) in [6.45, 7) is 8.33. The van der Waals surface area contributed by atoms with Gasteiger partial charge in [-0.1, -0.05) is 6.58 Å². The van der Waals surface area contributed by atoms with Crippen LogP contribution < -0.4 is 5.73 Å². The number of hydrogen-bond acceptors (Lipinski definition) is 2. The van der Waals surface area contributed by atoms with Crippen molar-refractivity contribution in [1.29, 1.82) is 0 Å². The molecule has 0 aromatic rings. The summed E-state index contributed by atoms with van der Waals surface area (Å²) in [5.74, 6) is 0. The standard InChI is InChI=1S/C6H14N2/c1-3-8(4-2)6-5-7/h3H,1,4-7H2,2H3. The van der Waals surface area contributed by atoms with Crippen molar-refractivity contribution >= 4 is 0 Å². The van der Waals surface area contributed by atoms with E-state index in [1.807, 2.05) is 6.20 Å². The molecule has 0 amide bonds. The quantitative estimate of drug-likeness (QED) is 0.573. The zero-order valence-corrected chi connectivity index (χ0v) is 5.43. The van der Waals surface area contributed by atoms with Gasteiger partial charge < -0.3 is 10.6 Å². The van der Waals surface area contributed by atoms with Crippen molar-refractivity contribution in [3.05, 3.63) is 12.8 Å². The lowest BCUT2D eigenvalue weighted by Crippen LogP contribution is -2.23. The van der Waals surface area contributed by atoms with Crippen LogP contribution in [0.1, 0.15) is 6.92 Å². The maximum absolute atomic E-state index is 5.29. The predicted octanol–water partition coefficient (Wildman–Crippen LogP) is 0.410. The summed E-state index contributed by atoms with van der Waals surface area (Å²) < 4.78 is 0. The van der Waals surface area contributed by atoms with Crippen LogP contribution in [0.5, 0.6) is 0 Å². The van der Waals surface area contributed by atoms with E-state index in [-0.39, 0.29) is 0 Å². The molecule has 0 aromatic heterocycles. The first-order chi connectivity index (χ1) is 3.85. The molecule has 0 aliphatic heterocycles. The Hall–Kier alpha value is -0.500. The third kappa shape index (κ3) is 2.64. The molecule has 0 unspecified atom stereocenters. The number of likely N-dealkylation sites (N-methyl/N-ethyl adjacent to an activating group) is 1. The topological polar surface area (TPSA) is 29.3 Å². The maximum atomic E-state index is 5.29. The van der Waals surface area contributed by atoms with E-state index in [0.29, 0.717) is 6.54 Å². The van der Waals surface area contributed by atoms with Gasteiger partial charge in [-0.05, 0) is 13.1 Å². The third-order valence-corrected chi connectivity index (χ3v) is 1.08. The van der Waals surface area contributed by atoms with E-state index in [1.165, 1.54) is 0 Å². The van der Waals surface area contributed by atoms with Crippen LogP contribution in [0.3, 0.4) is 0 Å². The van der Waals surface area contributed by atoms with Crippen LogP contribution in [-0.4, -0.2) is 24.5 Å². The van der Waals surface area contributed by atoms with Gasteiger partial charge in [0.2, 0.25) is 0 Å². The molecule has 0 rings (SSSR count). The summed E-state index contributed by atoms with van der Waals surface area (Å²) >= 11 is 0. The minimum Gasteiger partial charge on any atom is -0.377 e. The van der Waals surface area contributed by atoms with Gasteiger partial charge >= 0.3 is 0 Å². The van der Waals surface area contributed by atoms with Gasteiger partial charge in [0.05, 0.1) is 0 Å². The summed E-state index contributed by atoms with van der Waals surface area (Å²) in [5.41, 5.74) is 5.29. The molecular formula is C6H14N2. The van der Waals surface area contributed by atoms with Crippen LogP contribution in [0.25, 0.3) is 0 Å². The molecule has 0 aromatic carbocycles. The Bertz CT molecular complexity index is 61.5. The summed E-state index contributed by atoms with van der Waals surface area (Å²) in [5, 5.41) is 0. The van der Waals surface area contributed by atoms with Crippen molar-refractivity contribution in [1.82, 2.24) is 4.90 Å². The molecule has 0 radical (unpaired) electrons. The molecule has 0 heterocycles. The van der Waals surface area contributed by atoms with Crippen molar-refractivity contribution in [3.63, 3.8) is 0 Å². The van der Waals surface area contributed by atoms with Gasteiger partial charge in [0, 0.05) is 19.6 Å². The zero-order chi connectivity index (χ0) is 6.41. The average Bonchev–Trinajstić information content (AvgIpc) is 1.83. The van der Waals surface area contributed by atoms with Gasteiger partial charge in [-0.3, -0.25) is 0 Å². The molecule has 0 spiro atoms. The molecule has 0 saturated heterocycles. The van der Waals surface area contributed by atoms with E-state index in [0.717, 1.165) is 13.1 Å². The zero-order valence-electron chi connectivity index (χ0n) is 5.43. The monoisotopic (exact) mass is 114 g/mol. The second-order valence-electron chi connectivity index (χ2n) is 1.60. The smallest absolute Gasteiger partial charge is 0.0295 e. The highest BCUT2D eigenvalue weighted by Gasteiger charge is 1.88. The fourth-order valence-corrected chi connectivity index (χ4v) is 0.544. The Morgan fingerprint density at radius 3 is 2.50 bits per heavy atom. The maximum Gasteiger partial charge on any atom is 0.0295 e. The van der Waals surface area contributed by atoms with Gasteiger partial charge in [0.25, 0.3) is 0 Å². The number of hydrogen-bond donors (Lipinski definition) is 1. The normalized spacial score (nSPS) is 8.75. The summed E-state index contributed by atoms with van der Waals surface area (Å²) in [7, 11) is 0. The van der Waals surface area contributed by atoms with Crippen LogP contribution in [0.15, 0.2) is 12.8 Å². The molecule has 2 N–H and O–H groups in total. The first kappa shape index (κ1) is 7.50. The molecule has 2 heteroatoms. The highest BCUT2D eigenvalue weighted by atomic mass is 15.1. The predicted molar refractivity (Wildman–Crippen MR) is 36.5 cm³/mol. The molecule has 48 valence electrons.